The Kier molecular flexibility index (Phi) is 6.68. The van der Waals surface area contributed by atoms with Crippen LogP contribution in [0, 0.1) is 3.01 Å². The molecule has 0 aliphatic rings. The third-order valence-corrected chi connectivity index (χ3v) is 3.83. The normalized spacial score (nSPS) is 10.7. The zero-order valence-corrected chi connectivity index (χ0v) is 11.6. The second-order valence-electron chi connectivity index (χ2n) is 3.47. The molecule has 0 bridgehead atoms. The van der Waals surface area contributed by atoms with Gasteiger partial charge in [-0.1, -0.05) is 50.4 Å². The van der Waals surface area contributed by atoms with E-state index in [0.29, 0.717) is 0 Å². The molecule has 0 atom stereocenters. The molecule has 0 aromatic carbocycles. The van der Waals surface area contributed by atoms with Gasteiger partial charge in [0.05, 0.1) is 0 Å². The van der Waals surface area contributed by atoms with E-state index in [2.05, 4.69) is 39.7 Å². The zero-order valence-electron chi connectivity index (χ0n) is 8.63. The highest BCUT2D eigenvalue weighted by Crippen LogP contribution is 2.15. The molecule has 0 radical (unpaired) electrons. The van der Waals surface area contributed by atoms with Crippen molar-refractivity contribution in [3.8, 4) is 0 Å². The molecule has 0 aliphatic carbocycles. The van der Waals surface area contributed by atoms with Crippen molar-refractivity contribution < 1.29 is 0 Å². The van der Waals surface area contributed by atoms with E-state index in [1.54, 1.807) is 11.3 Å². The summed E-state index contributed by atoms with van der Waals surface area (Å²) in [4.78, 5) is 0. The lowest BCUT2D eigenvalue weighted by Gasteiger charge is -1.97. The van der Waals surface area contributed by atoms with Crippen molar-refractivity contribution in [2.24, 2.45) is 0 Å². The van der Waals surface area contributed by atoms with Crippen LogP contribution in [-0.4, -0.2) is 10.2 Å². The van der Waals surface area contributed by atoms with E-state index in [-0.39, 0.29) is 0 Å². The number of halogens is 1. The van der Waals surface area contributed by atoms with Crippen LogP contribution in [0.5, 0.6) is 0 Å². The van der Waals surface area contributed by atoms with Crippen molar-refractivity contribution in [3.05, 3.63) is 8.02 Å². The van der Waals surface area contributed by atoms with Gasteiger partial charge in [0.1, 0.15) is 5.01 Å². The summed E-state index contributed by atoms with van der Waals surface area (Å²) in [7, 11) is 0. The summed E-state index contributed by atoms with van der Waals surface area (Å²) in [6, 6.07) is 0. The van der Waals surface area contributed by atoms with Gasteiger partial charge < -0.3 is 0 Å². The van der Waals surface area contributed by atoms with Crippen LogP contribution in [0.15, 0.2) is 0 Å². The Balaban J connectivity index is 1.99. The zero-order chi connectivity index (χ0) is 10.2. The molecule has 0 fully saturated rings. The molecule has 1 aromatic rings. The molecule has 0 spiro atoms. The topological polar surface area (TPSA) is 25.8 Å². The van der Waals surface area contributed by atoms with Crippen LogP contribution in [0.25, 0.3) is 0 Å². The standard InChI is InChI=1S/C10H17IN2S/c1-2-3-4-5-6-7-8-9-12-13-10(11)14-9/h2-8H2,1H3. The first-order valence-electron chi connectivity index (χ1n) is 5.31. The van der Waals surface area contributed by atoms with Crippen molar-refractivity contribution >= 4 is 33.9 Å². The van der Waals surface area contributed by atoms with Gasteiger partial charge in [0.2, 0.25) is 0 Å². The number of nitrogens with zero attached hydrogens (tertiary/aromatic N) is 2. The van der Waals surface area contributed by atoms with Gasteiger partial charge in [0.25, 0.3) is 0 Å². The Labute approximate surface area is 104 Å². The molecule has 0 saturated heterocycles. The molecular formula is C10H17IN2S. The van der Waals surface area contributed by atoms with E-state index >= 15 is 0 Å². The van der Waals surface area contributed by atoms with E-state index in [1.807, 2.05) is 0 Å². The summed E-state index contributed by atoms with van der Waals surface area (Å²) in [5.41, 5.74) is 0. The Bertz CT molecular complexity index is 250. The largest absolute Gasteiger partial charge is 0.178 e. The van der Waals surface area contributed by atoms with Crippen LogP contribution in [0.1, 0.15) is 50.5 Å². The highest BCUT2D eigenvalue weighted by molar-refractivity contribution is 14.1. The SMILES string of the molecule is CCCCCCCCc1nnc(I)s1. The minimum Gasteiger partial charge on any atom is -0.143 e. The number of rotatable bonds is 7. The monoisotopic (exact) mass is 324 g/mol. The summed E-state index contributed by atoms with van der Waals surface area (Å²) < 4.78 is 1.06. The van der Waals surface area contributed by atoms with E-state index in [4.69, 9.17) is 0 Å². The highest BCUT2D eigenvalue weighted by atomic mass is 127. The van der Waals surface area contributed by atoms with Gasteiger partial charge >= 0.3 is 0 Å². The second-order valence-corrected chi connectivity index (χ2v) is 6.28. The van der Waals surface area contributed by atoms with Gasteiger partial charge in [-0.05, 0) is 29.0 Å². The van der Waals surface area contributed by atoms with Crippen LogP contribution in [0.4, 0.5) is 0 Å². The predicted molar refractivity (Wildman–Crippen MR) is 69.7 cm³/mol. The van der Waals surface area contributed by atoms with Crippen LogP contribution >= 0.6 is 33.9 Å². The summed E-state index contributed by atoms with van der Waals surface area (Å²) in [5, 5.41) is 9.31. The molecule has 0 saturated carbocycles. The fraction of sp³-hybridized carbons (Fsp3) is 0.800. The lowest BCUT2D eigenvalue weighted by Crippen LogP contribution is -1.85. The van der Waals surface area contributed by atoms with Gasteiger partial charge in [-0.25, -0.2) is 0 Å². The summed E-state index contributed by atoms with van der Waals surface area (Å²) in [6.07, 6.45) is 9.22. The first kappa shape index (κ1) is 12.4. The fourth-order valence-electron chi connectivity index (χ4n) is 1.39. The third kappa shape index (κ3) is 5.24. The van der Waals surface area contributed by atoms with E-state index in [1.165, 1.54) is 43.5 Å². The number of unbranched alkanes of at least 4 members (excludes halogenated alkanes) is 5. The molecule has 1 aromatic heterocycles. The number of aryl methyl sites for hydroxylation is 1. The average Bonchev–Trinajstić information content (AvgIpc) is 2.58. The van der Waals surface area contributed by atoms with E-state index in [0.717, 1.165) is 9.44 Å². The van der Waals surface area contributed by atoms with Crippen molar-refractivity contribution in [1.29, 1.82) is 0 Å². The average molecular weight is 324 g/mol. The molecule has 1 rings (SSSR count). The fourth-order valence-corrected chi connectivity index (χ4v) is 2.87. The Morgan fingerprint density at radius 2 is 1.79 bits per heavy atom. The molecule has 1 heterocycles. The Morgan fingerprint density at radius 1 is 1.07 bits per heavy atom. The quantitative estimate of drug-likeness (QED) is 0.559. The summed E-state index contributed by atoms with van der Waals surface area (Å²) in [6.45, 7) is 2.25. The van der Waals surface area contributed by atoms with Gasteiger partial charge in [0, 0.05) is 6.42 Å². The minimum absolute atomic E-state index is 1.06. The lowest BCUT2D eigenvalue weighted by atomic mass is 10.1. The molecule has 0 amide bonds. The molecule has 0 unspecified atom stereocenters. The molecular weight excluding hydrogens is 307 g/mol. The number of hydrogen-bond acceptors (Lipinski definition) is 3. The van der Waals surface area contributed by atoms with Gasteiger partial charge in [-0.3, -0.25) is 0 Å². The predicted octanol–water partition coefficient (Wildman–Crippen LogP) is 4.05. The van der Waals surface area contributed by atoms with Crippen molar-refractivity contribution in [1.82, 2.24) is 10.2 Å². The summed E-state index contributed by atoms with van der Waals surface area (Å²) >= 11 is 3.95. The first-order valence-corrected chi connectivity index (χ1v) is 7.20. The maximum atomic E-state index is 4.11. The third-order valence-electron chi connectivity index (χ3n) is 2.19. The molecule has 4 heteroatoms. The Hall–Kier alpha value is 0.290. The number of hydrogen-bond donors (Lipinski definition) is 0. The molecule has 2 nitrogen and oxygen atoms in total. The minimum atomic E-state index is 1.06. The van der Waals surface area contributed by atoms with Crippen molar-refractivity contribution in [2.45, 2.75) is 51.9 Å². The van der Waals surface area contributed by atoms with Crippen LogP contribution in [0.3, 0.4) is 0 Å². The maximum Gasteiger partial charge on any atom is 0.178 e. The van der Waals surface area contributed by atoms with Gasteiger partial charge in [-0.2, -0.15) is 0 Å². The first-order chi connectivity index (χ1) is 6.83. The van der Waals surface area contributed by atoms with Gasteiger partial charge in [0.15, 0.2) is 3.01 Å². The molecule has 0 N–H and O–H groups in total. The maximum absolute atomic E-state index is 4.11. The smallest absolute Gasteiger partial charge is 0.143 e. The van der Waals surface area contributed by atoms with Crippen LogP contribution < -0.4 is 0 Å². The molecule has 14 heavy (non-hydrogen) atoms. The van der Waals surface area contributed by atoms with E-state index < -0.39 is 0 Å². The van der Waals surface area contributed by atoms with Crippen LogP contribution in [-0.2, 0) is 6.42 Å². The van der Waals surface area contributed by atoms with E-state index in [9.17, 15) is 0 Å². The Morgan fingerprint density at radius 3 is 2.43 bits per heavy atom. The van der Waals surface area contributed by atoms with Crippen molar-refractivity contribution in [2.75, 3.05) is 0 Å². The highest BCUT2D eigenvalue weighted by Gasteiger charge is 2.00. The van der Waals surface area contributed by atoms with Gasteiger partial charge in [-0.15, -0.1) is 10.2 Å². The molecule has 80 valence electrons. The second kappa shape index (κ2) is 7.56. The lowest BCUT2D eigenvalue weighted by molar-refractivity contribution is 0.606. The number of aromatic nitrogens is 2. The van der Waals surface area contributed by atoms with Crippen LogP contribution in [0.2, 0.25) is 0 Å². The van der Waals surface area contributed by atoms with Crippen molar-refractivity contribution in [3.63, 3.8) is 0 Å². The summed E-state index contributed by atoms with van der Waals surface area (Å²) in [5.74, 6) is 0. The molecule has 0 aliphatic heterocycles.